The van der Waals surface area contributed by atoms with Crippen LogP contribution in [0.4, 0.5) is 0 Å². The highest BCUT2D eigenvalue weighted by molar-refractivity contribution is 7.99. The fraction of sp³-hybridized carbons (Fsp3) is 0.538. The molecule has 1 atom stereocenters. The quantitative estimate of drug-likeness (QED) is 0.767. The summed E-state index contributed by atoms with van der Waals surface area (Å²) in [6, 6.07) is 11.0. The Morgan fingerprint density at radius 2 is 2.19 bits per heavy atom. The van der Waals surface area contributed by atoms with Gasteiger partial charge in [-0.2, -0.15) is 11.8 Å². The van der Waals surface area contributed by atoms with Crippen LogP contribution in [-0.2, 0) is 11.3 Å². The van der Waals surface area contributed by atoms with Gasteiger partial charge in [0, 0.05) is 18.3 Å². The van der Waals surface area contributed by atoms with Crippen molar-refractivity contribution in [3.05, 3.63) is 35.9 Å². The predicted molar refractivity (Wildman–Crippen MR) is 69.8 cm³/mol. The minimum absolute atomic E-state index is 0.713. The van der Waals surface area contributed by atoms with Crippen LogP contribution in [0.1, 0.15) is 12.0 Å². The Labute approximate surface area is 102 Å². The van der Waals surface area contributed by atoms with Gasteiger partial charge in [0.25, 0.3) is 0 Å². The molecule has 1 aliphatic heterocycles. The molecular weight excluding hydrogens is 218 g/mol. The molecule has 0 aromatic heterocycles. The lowest BCUT2D eigenvalue weighted by molar-refractivity contribution is 0.121. The molecule has 1 saturated heterocycles. The molecule has 0 aliphatic carbocycles. The van der Waals surface area contributed by atoms with Crippen molar-refractivity contribution >= 4 is 11.8 Å². The van der Waals surface area contributed by atoms with Crippen molar-refractivity contribution in [3.8, 4) is 0 Å². The average Bonchev–Trinajstić information content (AvgIpc) is 2.83. The zero-order valence-corrected chi connectivity index (χ0v) is 10.3. The number of benzene rings is 1. The number of hydrogen-bond acceptors (Lipinski definition) is 3. The van der Waals surface area contributed by atoms with Gasteiger partial charge in [-0.15, -0.1) is 0 Å². The van der Waals surface area contributed by atoms with Gasteiger partial charge in [0.2, 0.25) is 0 Å². The first-order valence-electron chi connectivity index (χ1n) is 5.88. The molecular formula is C13H19NOS. The lowest BCUT2D eigenvalue weighted by atomic mass is 10.2. The van der Waals surface area contributed by atoms with Crippen LogP contribution in [0, 0.1) is 0 Å². The molecule has 1 aliphatic rings. The van der Waals surface area contributed by atoms with Gasteiger partial charge in [0.15, 0.2) is 0 Å². The van der Waals surface area contributed by atoms with Gasteiger partial charge in [0.1, 0.15) is 0 Å². The van der Waals surface area contributed by atoms with Gasteiger partial charge in [-0.25, -0.2) is 0 Å². The van der Waals surface area contributed by atoms with Gasteiger partial charge in [-0.3, -0.25) is 0 Å². The molecule has 0 radical (unpaired) electrons. The summed E-state index contributed by atoms with van der Waals surface area (Å²) < 4.78 is 5.61. The third-order valence-corrected chi connectivity index (χ3v) is 3.88. The van der Waals surface area contributed by atoms with Gasteiger partial charge in [0.05, 0.1) is 13.2 Å². The van der Waals surface area contributed by atoms with E-state index in [0.29, 0.717) is 6.04 Å². The Kier molecular flexibility index (Phi) is 5.19. The van der Waals surface area contributed by atoms with E-state index in [9.17, 15) is 0 Å². The molecule has 1 aromatic carbocycles. The second kappa shape index (κ2) is 6.94. The van der Waals surface area contributed by atoms with Crippen molar-refractivity contribution in [2.24, 2.45) is 0 Å². The normalized spacial score (nSPS) is 20.1. The Morgan fingerprint density at radius 3 is 2.94 bits per heavy atom. The highest BCUT2D eigenvalue weighted by Crippen LogP contribution is 2.16. The maximum absolute atomic E-state index is 5.61. The largest absolute Gasteiger partial charge is 0.375 e. The van der Waals surface area contributed by atoms with Crippen LogP contribution >= 0.6 is 11.8 Å². The monoisotopic (exact) mass is 237 g/mol. The molecule has 3 heteroatoms. The van der Waals surface area contributed by atoms with Crippen LogP contribution < -0.4 is 5.32 Å². The van der Waals surface area contributed by atoms with E-state index >= 15 is 0 Å². The van der Waals surface area contributed by atoms with E-state index in [1.165, 1.54) is 23.5 Å². The Morgan fingerprint density at radius 1 is 1.31 bits per heavy atom. The highest BCUT2D eigenvalue weighted by atomic mass is 32.2. The topological polar surface area (TPSA) is 21.3 Å². The fourth-order valence-corrected chi connectivity index (χ4v) is 2.98. The molecule has 1 fully saturated rings. The number of thioether (sulfide) groups is 1. The highest BCUT2D eigenvalue weighted by Gasteiger charge is 2.13. The molecule has 0 saturated carbocycles. The summed E-state index contributed by atoms with van der Waals surface area (Å²) in [6.45, 7) is 2.50. The zero-order valence-electron chi connectivity index (χ0n) is 9.52. The minimum Gasteiger partial charge on any atom is -0.375 e. The molecule has 1 heterocycles. The van der Waals surface area contributed by atoms with E-state index in [2.05, 4.69) is 17.4 Å². The van der Waals surface area contributed by atoms with Crippen LogP contribution in [0.3, 0.4) is 0 Å². The summed E-state index contributed by atoms with van der Waals surface area (Å²) in [5.41, 5.74) is 1.25. The molecule has 1 aromatic rings. The molecule has 0 amide bonds. The average molecular weight is 237 g/mol. The first-order valence-corrected chi connectivity index (χ1v) is 7.03. The SMILES string of the molecule is c1ccc(COCCNC2CCSC2)cc1. The van der Waals surface area contributed by atoms with Gasteiger partial charge >= 0.3 is 0 Å². The summed E-state index contributed by atoms with van der Waals surface area (Å²) in [5, 5.41) is 3.52. The molecule has 88 valence electrons. The third-order valence-electron chi connectivity index (χ3n) is 2.72. The predicted octanol–water partition coefficient (Wildman–Crippen LogP) is 2.30. The van der Waals surface area contributed by atoms with Gasteiger partial charge in [-0.05, 0) is 17.7 Å². The zero-order chi connectivity index (χ0) is 11.1. The lowest BCUT2D eigenvalue weighted by Crippen LogP contribution is -2.31. The molecule has 1 unspecified atom stereocenters. The van der Waals surface area contributed by atoms with Crippen molar-refractivity contribution in [1.29, 1.82) is 0 Å². The fourth-order valence-electron chi connectivity index (χ4n) is 1.79. The summed E-state index contributed by atoms with van der Waals surface area (Å²) in [5.74, 6) is 2.57. The van der Waals surface area contributed by atoms with Crippen molar-refractivity contribution in [3.63, 3.8) is 0 Å². The van der Waals surface area contributed by atoms with Crippen LogP contribution in [0.25, 0.3) is 0 Å². The molecule has 1 N–H and O–H groups in total. The van der Waals surface area contributed by atoms with E-state index in [4.69, 9.17) is 4.74 Å². The Balaban J connectivity index is 1.52. The maximum Gasteiger partial charge on any atom is 0.0717 e. The van der Waals surface area contributed by atoms with E-state index in [1.807, 2.05) is 30.0 Å². The van der Waals surface area contributed by atoms with Crippen molar-refractivity contribution in [2.75, 3.05) is 24.7 Å². The maximum atomic E-state index is 5.61. The molecule has 2 nitrogen and oxygen atoms in total. The van der Waals surface area contributed by atoms with Gasteiger partial charge < -0.3 is 10.1 Å². The number of hydrogen-bond donors (Lipinski definition) is 1. The molecule has 16 heavy (non-hydrogen) atoms. The van der Waals surface area contributed by atoms with E-state index < -0.39 is 0 Å². The number of nitrogens with one attached hydrogen (secondary N) is 1. The second-order valence-electron chi connectivity index (χ2n) is 4.05. The van der Waals surface area contributed by atoms with Crippen molar-refractivity contribution in [1.82, 2.24) is 5.32 Å². The third kappa shape index (κ3) is 4.16. The lowest BCUT2D eigenvalue weighted by Gasteiger charge is -2.11. The van der Waals surface area contributed by atoms with E-state index in [1.54, 1.807) is 0 Å². The van der Waals surface area contributed by atoms with Crippen LogP contribution in [-0.4, -0.2) is 30.7 Å². The summed E-state index contributed by atoms with van der Waals surface area (Å²) >= 11 is 2.04. The Bertz CT molecular complexity index is 285. The van der Waals surface area contributed by atoms with E-state index in [-0.39, 0.29) is 0 Å². The first kappa shape index (κ1) is 12.0. The molecule has 2 rings (SSSR count). The first-order chi connectivity index (χ1) is 7.95. The number of ether oxygens (including phenoxy) is 1. The van der Waals surface area contributed by atoms with Crippen LogP contribution in [0.15, 0.2) is 30.3 Å². The number of rotatable bonds is 6. The smallest absolute Gasteiger partial charge is 0.0717 e. The summed E-state index contributed by atoms with van der Waals surface area (Å²) in [4.78, 5) is 0. The van der Waals surface area contributed by atoms with Gasteiger partial charge in [-0.1, -0.05) is 30.3 Å². The van der Waals surface area contributed by atoms with Crippen LogP contribution in [0.5, 0.6) is 0 Å². The second-order valence-corrected chi connectivity index (χ2v) is 5.20. The summed E-state index contributed by atoms with van der Waals surface area (Å²) in [7, 11) is 0. The van der Waals surface area contributed by atoms with E-state index in [0.717, 1.165) is 19.8 Å². The van der Waals surface area contributed by atoms with Crippen LogP contribution in [0.2, 0.25) is 0 Å². The summed E-state index contributed by atoms with van der Waals surface area (Å²) in [6.07, 6.45) is 1.31. The molecule has 0 spiro atoms. The van der Waals surface area contributed by atoms with Crippen molar-refractivity contribution < 1.29 is 4.74 Å². The molecule has 0 bridgehead atoms. The standard InChI is InChI=1S/C13H19NOS/c1-2-4-12(5-3-1)10-15-8-7-14-13-6-9-16-11-13/h1-5,13-14H,6-11H2. The van der Waals surface area contributed by atoms with Crippen molar-refractivity contribution in [2.45, 2.75) is 19.1 Å². The minimum atomic E-state index is 0.713. The Hall–Kier alpha value is -0.510.